The Morgan fingerprint density at radius 1 is 1.28 bits per heavy atom. The number of fused-ring (bicyclic) bond motifs is 1. The first-order valence-electron chi connectivity index (χ1n) is 6.55. The Hall–Kier alpha value is -0.0000000000000000555. The van der Waals surface area contributed by atoms with Crippen molar-refractivity contribution in [1.82, 2.24) is 4.98 Å². The van der Waals surface area contributed by atoms with Crippen molar-refractivity contribution < 1.29 is 4.79 Å². The van der Waals surface area contributed by atoms with Crippen molar-refractivity contribution in [3.8, 4) is 0 Å². The van der Waals surface area contributed by atoms with Crippen LogP contribution in [0.15, 0.2) is 0 Å². The molecule has 1 aromatic heterocycles. The molecular formula is C13H17NOS3. The van der Waals surface area contributed by atoms with Gasteiger partial charge in [0.15, 0.2) is 5.78 Å². The summed E-state index contributed by atoms with van der Waals surface area (Å²) in [4.78, 5) is 17.6. The third kappa shape index (κ3) is 2.37. The summed E-state index contributed by atoms with van der Waals surface area (Å²) in [6.45, 7) is 2.26. The third-order valence-electron chi connectivity index (χ3n) is 3.48. The Labute approximate surface area is 120 Å². The Kier molecular flexibility index (Phi) is 4.01. The highest BCUT2D eigenvalue weighted by Crippen LogP contribution is 2.46. The van der Waals surface area contributed by atoms with E-state index in [4.69, 9.17) is 4.98 Å². The third-order valence-corrected chi connectivity index (χ3v) is 8.11. The van der Waals surface area contributed by atoms with Crippen molar-refractivity contribution in [2.75, 3.05) is 11.5 Å². The normalized spacial score (nSPS) is 28.2. The van der Waals surface area contributed by atoms with Crippen LogP contribution in [0.2, 0.25) is 0 Å². The number of thiazole rings is 1. The lowest BCUT2D eigenvalue weighted by Gasteiger charge is -2.28. The fourth-order valence-electron chi connectivity index (χ4n) is 2.54. The molecule has 0 spiro atoms. The molecule has 98 valence electrons. The van der Waals surface area contributed by atoms with Gasteiger partial charge in [-0.1, -0.05) is 6.92 Å². The summed E-state index contributed by atoms with van der Waals surface area (Å²) in [5.41, 5.74) is 1.08. The molecule has 2 unspecified atom stereocenters. The number of hydrogen-bond donors (Lipinski definition) is 0. The van der Waals surface area contributed by atoms with Crippen LogP contribution in [0, 0.1) is 0 Å². The molecule has 0 radical (unpaired) electrons. The van der Waals surface area contributed by atoms with E-state index in [0.29, 0.717) is 16.3 Å². The van der Waals surface area contributed by atoms with Gasteiger partial charge in [-0.3, -0.25) is 4.79 Å². The van der Waals surface area contributed by atoms with Gasteiger partial charge >= 0.3 is 0 Å². The number of aryl methyl sites for hydroxylation is 1. The molecule has 0 aromatic carbocycles. The average molecular weight is 299 g/mol. The fraction of sp³-hybridized carbons (Fsp3) is 0.692. The molecule has 2 atom stereocenters. The molecule has 2 heterocycles. The topological polar surface area (TPSA) is 30.0 Å². The van der Waals surface area contributed by atoms with Crippen LogP contribution < -0.4 is 0 Å². The molecule has 2 nitrogen and oxygen atoms in total. The summed E-state index contributed by atoms with van der Waals surface area (Å²) < 4.78 is 0. The van der Waals surface area contributed by atoms with Gasteiger partial charge in [0.2, 0.25) is 0 Å². The largest absolute Gasteiger partial charge is 0.293 e. The lowest BCUT2D eigenvalue weighted by Crippen LogP contribution is -2.18. The number of aromatic nitrogens is 1. The minimum absolute atomic E-state index is 0.321. The first-order valence-corrected chi connectivity index (χ1v) is 9.47. The van der Waals surface area contributed by atoms with Crippen LogP contribution in [0.3, 0.4) is 0 Å². The second kappa shape index (κ2) is 5.55. The Morgan fingerprint density at radius 3 is 2.89 bits per heavy atom. The molecule has 0 N–H and O–H groups in total. The molecule has 1 fully saturated rings. The van der Waals surface area contributed by atoms with Crippen LogP contribution in [0.1, 0.15) is 51.8 Å². The molecular weight excluding hydrogens is 282 g/mol. The van der Waals surface area contributed by atoms with Crippen LogP contribution in [0.5, 0.6) is 0 Å². The van der Waals surface area contributed by atoms with Gasteiger partial charge < -0.3 is 0 Å². The van der Waals surface area contributed by atoms with Crippen molar-refractivity contribution in [2.24, 2.45) is 0 Å². The Bertz CT molecular complexity index is 457. The lowest BCUT2D eigenvalue weighted by atomic mass is 10.0. The molecule has 1 aliphatic carbocycles. The number of hydrogen-bond acceptors (Lipinski definition) is 5. The highest BCUT2D eigenvalue weighted by Gasteiger charge is 2.31. The van der Waals surface area contributed by atoms with Crippen LogP contribution in [-0.4, -0.2) is 27.5 Å². The van der Waals surface area contributed by atoms with E-state index >= 15 is 0 Å². The fourth-order valence-corrected chi connectivity index (χ4v) is 7.04. The maximum absolute atomic E-state index is 11.9. The highest BCUT2D eigenvalue weighted by atomic mass is 32.2. The Morgan fingerprint density at radius 2 is 2.11 bits per heavy atom. The summed E-state index contributed by atoms with van der Waals surface area (Å²) in [5, 5.41) is 2.39. The average Bonchev–Trinajstić information content (AvgIpc) is 2.84. The van der Waals surface area contributed by atoms with Gasteiger partial charge in [-0.05, 0) is 19.3 Å². The van der Waals surface area contributed by atoms with Crippen molar-refractivity contribution in [3.63, 3.8) is 0 Å². The van der Waals surface area contributed by atoms with Crippen molar-refractivity contribution in [3.05, 3.63) is 15.6 Å². The Balaban J connectivity index is 1.89. The standard InChI is InChI=1S/C13H17NOS3/c1-2-10-12(17-7-6-16-10)13-14-8-4-3-5-9(15)11(8)18-13/h10,12H,2-7H2,1H3. The van der Waals surface area contributed by atoms with Gasteiger partial charge in [0.05, 0.1) is 15.8 Å². The van der Waals surface area contributed by atoms with Crippen LogP contribution in [0.25, 0.3) is 0 Å². The van der Waals surface area contributed by atoms with E-state index in [-0.39, 0.29) is 0 Å². The number of carbonyl (C=O) groups excluding carboxylic acids is 1. The zero-order valence-corrected chi connectivity index (χ0v) is 12.9. The zero-order chi connectivity index (χ0) is 12.5. The molecule has 1 aromatic rings. The number of ketones is 1. The smallest absolute Gasteiger partial charge is 0.174 e. The van der Waals surface area contributed by atoms with Crippen LogP contribution in [-0.2, 0) is 6.42 Å². The predicted molar refractivity (Wildman–Crippen MR) is 81.1 cm³/mol. The van der Waals surface area contributed by atoms with Crippen molar-refractivity contribution >= 4 is 40.6 Å². The molecule has 3 rings (SSSR count). The maximum Gasteiger partial charge on any atom is 0.174 e. The first-order chi connectivity index (χ1) is 8.79. The first kappa shape index (κ1) is 13.0. The summed E-state index contributed by atoms with van der Waals surface area (Å²) >= 11 is 5.78. The van der Waals surface area contributed by atoms with Crippen LogP contribution >= 0.6 is 34.9 Å². The van der Waals surface area contributed by atoms with Crippen molar-refractivity contribution in [1.29, 1.82) is 0 Å². The van der Waals surface area contributed by atoms with Crippen molar-refractivity contribution in [2.45, 2.75) is 43.1 Å². The monoisotopic (exact) mass is 299 g/mol. The van der Waals surface area contributed by atoms with Gasteiger partial charge in [-0.25, -0.2) is 4.98 Å². The second-order valence-corrected chi connectivity index (χ2v) is 8.34. The number of carbonyl (C=O) groups is 1. The van der Waals surface area contributed by atoms with E-state index in [0.717, 1.165) is 29.8 Å². The van der Waals surface area contributed by atoms with Gasteiger partial charge in [0.25, 0.3) is 0 Å². The number of nitrogens with zero attached hydrogens (tertiary/aromatic N) is 1. The maximum atomic E-state index is 11.9. The van der Waals surface area contributed by atoms with E-state index < -0.39 is 0 Å². The summed E-state index contributed by atoms with van der Waals surface area (Å²) in [6.07, 6.45) is 3.90. The molecule has 2 aliphatic rings. The van der Waals surface area contributed by atoms with Crippen LogP contribution in [0.4, 0.5) is 0 Å². The quantitative estimate of drug-likeness (QED) is 0.827. The van der Waals surface area contributed by atoms with E-state index in [9.17, 15) is 4.79 Å². The SMILES string of the molecule is CCC1SCCSC1c1nc2c(s1)C(=O)CCC2. The van der Waals surface area contributed by atoms with Gasteiger partial charge in [0.1, 0.15) is 5.01 Å². The molecule has 5 heteroatoms. The number of thioether (sulfide) groups is 2. The number of rotatable bonds is 2. The van der Waals surface area contributed by atoms with E-state index in [1.165, 1.54) is 22.9 Å². The van der Waals surface area contributed by atoms with E-state index in [1.807, 2.05) is 11.8 Å². The molecule has 0 saturated carbocycles. The second-order valence-electron chi connectivity index (χ2n) is 4.71. The minimum Gasteiger partial charge on any atom is -0.293 e. The molecule has 1 saturated heterocycles. The van der Waals surface area contributed by atoms with E-state index in [2.05, 4.69) is 18.7 Å². The lowest BCUT2D eigenvalue weighted by molar-refractivity contribution is 0.0976. The highest BCUT2D eigenvalue weighted by molar-refractivity contribution is 8.06. The summed E-state index contributed by atoms with van der Waals surface area (Å²) in [6, 6.07) is 0. The van der Waals surface area contributed by atoms with E-state index in [1.54, 1.807) is 11.3 Å². The summed E-state index contributed by atoms with van der Waals surface area (Å²) in [5.74, 6) is 2.79. The molecule has 18 heavy (non-hydrogen) atoms. The zero-order valence-electron chi connectivity index (χ0n) is 10.5. The molecule has 0 bridgehead atoms. The number of Topliss-reactive ketones (excluding diaryl/α,β-unsaturated/α-hetero) is 1. The van der Waals surface area contributed by atoms with Gasteiger partial charge in [-0.2, -0.15) is 11.8 Å². The van der Waals surface area contributed by atoms with Gasteiger partial charge in [-0.15, -0.1) is 23.1 Å². The molecule has 1 aliphatic heterocycles. The predicted octanol–water partition coefficient (Wildman–Crippen LogP) is 3.96. The summed E-state index contributed by atoms with van der Waals surface area (Å²) in [7, 11) is 0. The minimum atomic E-state index is 0.321. The van der Waals surface area contributed by atoms with Gasteiger partial charge in [0, 0.05) is 23.2 Å². The molecule has 0 amide bonds.